The lowest BCUT2D eigenvalue weighted by atomic mass is 10.2. The van der Waals surface area contributed by atoms with Gasteiger partial charge in [-0.1, -0.05) is 74.9 Å². The van der Waals surface area contributed by atoms with Gasteiger partial charge in [0.1, 0.15) is 23.2 Å². The predicted octanol–water partition coefficient (Wildman–Crippen LogP) is 7.37. The Labute approximate surface area is 199 Å². The summed E-state index contributed by atoms with van der Waals surface area (Å²) in [6, 6.07) is 33.9. The summed E-state index contributed by atoms with van der Waals surface area (Å²) in [5.74, 6) is 2.45. The van der Waals surface area contributed by atoms with Crippen molar-refractivity contribution in [3.8, 4) is 0 Å². The molecule has 0 unspecified atom stereocenters. The van der Waals surface area contributed by atoms with E-state index in [1.54, 1.807) is 0 Å². The summed E-state index contributed by atoms with van der Waals surface area (Å²) in [5.41, 5.74) is 0. The molecule has 3 aromatic carbocycles. The number of rotatable bonds is 13. The summed E-state index contributed by atoms with van der Waals surface area (Å²) >= 11 is 4.25. The van der Waals surface area contributed by atoms with Crippen molar-refractivity contribution in [3.05, 3.63) is 91.0 Å². The average Bonchev–Trinajstić information content (AvgIpc) is 2.83. The molecule has 0 atom stereocenters. The van der Waals surface area contributed by atoms with Gasteiger partial charge in [0, 0.05) is 0 Å². The fourth-order valence-electron chi connectivity index (χ4n) is 4.31. The van der Waals surface area contributed by atoms with Gasteiger partial charge < -0.3 is 0 Å². The highest BCUT2D eigenvalue weighted by atomic mass is 32.2. The van der Waals surface area contributed by atoms with Gasteiger partial charge in [-0.15, -0.1) is 23.5 Å². The first kappa shape index (κ1) is 24.4. The van der Waals surface area contributed by atoms with Crippen LogP contribution in [0.4, 0.5) is 0 Å². The Morgan fingerprint density at radius 1 is 0.581 bits per heavy atom. The monoisotopic (exact) mass is 467 g/mol. The zero-order valence-corrected chi connectivity index (χ0v) is 21.5. The van der Waals surface area contributed by atoms with Gasteiger partial charge in [0.05, 0.1) is 10.7 Å². The minimum atomic E-state index is -1.65. The minimum absolute atomic E-state index is 0.770. The Kier molecular flexibility index (Phi) is 10.5. The van der Waals surface area contributed by atoms with Crippen LogP contribution in [0.25, 0.3) is 0 Å². The predicted molar refractivity (Wildman–Crippen MR) is 149 cm³/mol. The van der Waals surface area contributed by atoms with E-state index in [1.165, 1.54) is 59.3 Å². The molecule has 0 aliphatic heterocycles. The quantitative estimate of drug-likeness (QED) is 0.146. The second-order valence-corrected chi connectivity index (χ2v) is 14.6. The second kappa shape index (κ2) is 13.4. The third-order valence-electron chi connectivity index (χ3n) is 5.73. The fourth-order valence-corrected chi connectivity index (χ4v) is 11.3. The number of hydrogen-bond acceptors (Lipinski definition) is 2. The summed E-state index contributed by atoms with van der Waals surface area (Å²) in [4.78, 5) is 0. The standard InChI is InChI=1S/C28H36PS2/c1-3-30-28(31-4-2)23-15-8-16-24-29(25-17-9-5-10-18-25,26-19-11-6-12-20-26)27-21-13-7-14-22-27/h5-7,9-14,17-22,28H,3-4,8,15-16,23-24H2,1-2H3/q+1. The molecular weight excluding hydrogens is 431 g/mol. The average molecular weight is 468 g/mol. The Hall–Kier alpha value is -1.21. The van der Waals surface area contributed by atoms with Gasteiger partial charge in [0.15, 0.2) is 0 Å². The molecule has 164 valence electrons. The summed E-state index contributed by atoms with van der Waals surface area (Å²) < 4.78 is 0.770. The molecule has 0 nitrogen and oxygen atoms in total. The molecule has 0 amide bonds. The highest BCUT2D eigenvalue weighted by Crippen LogP contribution is 2.56. The summed E-state index contributed by atoms with van der Waals surface area (Å²) in [6.45, 7) is 4.57. The molecule has 0 saturated heterocycles. The van der Waals surface area contributed by atoms with Crippen molar-refractivity contribution in [2.24, 2.45) is 0 Å². The van der Waals surface area contributed by atoms with Crippen LogP contribution < -0.4 is 15.9 Å². The molecule has 31 heavy (non-hydrogen) atoms. The Morgan fingerprint density at radius 2 is 1.00 bits per heavy atom. The van der Waals surface area contributed by atoms with Crippen LogP contribution in [0.2, 0.25) is 0 Å². The summed E-state index contributed by atoms with van der Waals surface area (Å²) in [6.07, 6.45) is 6.52. The molecule has 0 saturated carbocycles. The van der Waals surface area contributed by atoms with Crippen LogP contribution in [0.5, 0.6) is 0 Å². The zero-order chi connectivity index (χ0) is 21.8. The molecule has 0 fully saturated rings. The molecule has 0 N–H and O–H groups in total. The highest BCUT2D eigenvalue weighted by molar-refractivity contribution is 8.16. The van der Waals surface area contributed by atoms with Gasteiger partial charge >= 0.3 is 0 Å². The van der Waals surface area contributed by atoms with E-state index < -0.39 is 7.26 Å². The molecule has 0 bridgehead atoms. The van der Waals surface area contributed by atoms with Gasteiger partial charge in [-0.05, 0) is 67.2 Å². The molecule has 0 spiro atoms. The number of hydrogen-bond donors (Lipinski definition) is 0. The zero-order valence-electron chi connectivity index (χ0n) is 19.0. The summed E-state index contributed by atoms with van der Waals surface area (Å²) in [7, 11) is -1.65. The third kappa shape index (κ3) is 6.64. The van der Waals surface area contributed by atoms with Crippen molar-refractivity contribution in [2.75, 3.05) is 17.7 Å². The van der Waals surface area contributed by atoms with Crippen LogP contribution in [0, 0.1) is 0 Å². The third-order valence-corrected chi connectivity index (χ3v) is 13.0. The van der Waals surface area contributed by atoms with E-state index in [9.17, 15) is 0 Å². The Morgan fingerprint density at radius 3 is 1.39 bits per heavy atom. The van der Waals surface area contributed by atoms with E-state index >= 15 is 0 Å². The molecule has 0 aromatic heterocycles. The van der Waals surface area contributed by atoms with Crippen molar-refractivity contribution in [1.82, 2.24) is 0 Å². The highest BCUT2D eigenvalue weighted by Gasteiger charge is 2.44. The van der Waals surface area contributed by atoms with Crippen LogP contribution in [0.3, 0.4) is 0 Å². The van der Waals surface area contributed by atoms with E-state index in [-0.39, 0.29) is 0 Å². The number of thioether (sulfide) groups is 2. The van der Waals surface area contributed by atoms with Gasteiger partial charge in [-0.25, -0.2) is 0 Å². The number of unbranched alkanes of at least 4 members (excludes halogenated alkanes) is 2. The van der Waals surface area contributed by atoms with E-state index in [0.29, 0.717) is 0 Å². The van der Waals surface area contributed by atoms with Crippen LogP contribution in [-0.4, -0.2) is 22.2 Å². The van der Waals surface area contributed by atoms with Gasteiger partial charge in [-0.2, -0.15) is 0 Å². The van der Waals surface area contributed by atoms with Crippen molar-refractivity contribution >= 4 is 46.7 Å². The largest absolute Gasteiger partial charge is 0.148 e. The molecule has 0 aliphatic carbocycles. The maximum atomic E-state index is 2.36. The molecule has 3 rings (SSSR count). The van der Waals surface area contributed by atoms with E-state index in [1.807, 2.05) is 0 Å². The lowest BCUT2D eigenvalue weighted by Crippen LogP contribution is -2.33. The van der Waals surface area contributed by atoms with Crippen LogP contribution in [0.15, 0.2) is 91.0 Å². The van der Waals surface area contributed by atoms with Gasteiger partial charge in [0.25, 0.3) is 0 Å². The van der Waals surface area contributed by atoms with Crippen molar-refractivity contribution in [2.45, 2.75) is 44.1 Å². The second-order valence-electron chi connectivity index (χ2n) is 7.73. The van der Waals surface area contributed by atoms with E-state index in [0.717, 1.165) is 4.58 Å². The normalized spacial score (nSPS) is 11.7. The maximum Gasteiger partial charge on any atom is 0.112 e. The smallest absolute Gasteiger partial charge is 0.112 e. The minimum Gasteiger partial charge on any atom is -0.148 e. The molecule has 0 aliphatic rings. The maximum absolute atomic E-state index is 2.36. The molecule has 0 radical (unpaired) electrons. The Balaban J connectivity index is 1.83. The molecule has 3 heteroatoms. The first-order valence-corrected chi connectivity index (χ1v) is 15.7. The SMILES string of the molecule is CCSC(CCCCC[P+](c1ccccc1)(c1ccccc1)c1ccccc1)SCC. The van der Waals surface area contributed by atoms with Crippen LogP contribution in [0.1, 0.15) is 39.5 Å². The van der Waals surface area contributed by atoms with Gasteiger partial charge in [-0.3, -0.25) is 0 Å². The fraction of sp³-hybridized carbons (Fsp3) is 0.357. The number of benzene rings is 3. The van der Waals surface area contributed by atoms with Crippen molar-refractivity contribution in [3.63, 3.8) is 0 Å². The molecule has 0 heterocycles. The van der Waals surface area contributed by atoms with E-state index in [4.69, 9.17) is 0 Å². The molecule has 3 aromatic rings. The van der Waals surface area contributed by atoms with Crippen molar-refractivity contribution in [1.29, 1.82) is 0 Å². The topological polar surface area (TPSA) is 0 Å². The lowest BCUT2D eigenvalue weighted by molar-refractivity contribution is 0.699. The van der Waals surface area contributed by atoms with E-state index in [2.05, 4.69) is 128 Å². The summed E-state index contributed by atoms with van der Waals surface area (Å²) in [5, 5.41) is 4.52. The van der Waals surface area contributed by atoms with Crippen molar-refractivity contribution < 1.29 is 0 Å². The first-order chi connectivity index (χ1) is 15.3. The Bertz CT molecular complexity index is 749. The lowest BCUT2D eigenvalue weighted by Gasteiger charge is -2.27. The van der Waals surface area contributed by atoms with Crippen LogP contribution in [-0.2, 0) is 0 Å². The molecular formula is C28H36PS2+. The van der Waals surface area contributed by atoms with Gasteiger partial charge in [0.2, 0.25) is 0 Å². The first-order valence-electron chi connectivity index (χ1n) is 11.6. The van der Waals surface area contributed by atoms with Crippen LogP contribution >= 0.6 is 30.8 Å².